The van der Waals surface area contributed by atoms with Crippen molar-refractivity contribution in [2.75, 3.05) is 11.0 Å². The summed E-state index contributed by atoms with van der Waals surface area (Å²) in [6, 6.07) is 3.60. The summed E-state index contributed by atoms with van der Waals surface area (Å²) in [4.78, 5) is 11.0. The maximum Gasteiger partial charge on any atom is 0.425 e. The average molecular weight is 261 g/mol. The van der Waals surface area contributed by atoms with Crippen LogP contribution in [0, 0.1) is 11.3 Å². The molecule has 0 saturated heterocycles. The number of anilines is 1. The largest absolute Gasteiger partial charge is 0.452 e. The molecule has 6 heteroatoms. The number of amides is 1. The molecule has 0 aromatic carbocycles. The van der Waals surface area contributed by atoms with Gasteiger partial charge < -0.3 is 4.74 Å². The van der Waals surface area contributed by atoms with Gasteiger partial charge in [-0.15, -0.1) is 11.3 Å². The molecule has 0 aliphatic heterocycles. The molecule has 13 heavy (non-hydrogen) atoms. The molecule has 0 atom stereocenters. The van der Waals surface area contributed by atoms with Gasteiger partial charge in [-0.25, -0.2) is 8.72 Å². The quantitative estimate of drug-likeness (QED) is 0.730. The topological polar surface area (TPSA) is 53.3 Å². The second kappa shape index (κ2) is 4.25. The Labute approximate surface area is 87.7 Å². The highest BCUT2D eigenvalue weighted by Gasteiger charge is 2.17. The van der Waals surface area contributed by atoms with Crippen molar-refractivity contribution in [1.82, 2.24) is 0 Å². The van der Waals surface area contributed by atoms with Gasteiger partial charge in [0.15, 0.2) is 0 Å². The standard InChI is InChI=1S/C7H5BrN2O2S/c1-12-7(11)10(8)6-5(4-9)2-3-13-6/h2-3H,1H3. The van der Waals surface area contributed by atoms with Crippen molar-refractivity contribution >= 4 is 38.6 Å². The molecule has 0 N–H and O–H groups in total. The second-order valence-electron chi connectivity index (χ2n) is 2.00. The number of halogens is 1. The minimum Gasteiger partial charge on any atom is -0.452 e. The fraction of sp³-hybridized carbons (Fsp3) is 0.143. The number of hydrogen-bond donors (Lipinski definition) is 0. The molecule has 0 fully saturated rings. The number of thiophene rings is 1. The lowest BCUT2D eigenvalue weighted by atomic mass is 10.3. The SMILES string of the molecule is COC(=O)N(Br)c1sccc1C#N. The van der Waals surface area contributed by atoms with Gasteiger partial charge in [0.25, 0.3) is 0 Å². The first kappa shape index (κ1) is 10.0. The number of carbonyl (C=O) groups excluding carboxylic acids is 1. The van der Waals surface area contributed by atoms with Gasteiger partial charge in [0.2, 0.25) is 0 Å². The van der Waals surface area contributed by atoms with Crippen molar-refractivity contribution in [3.8, 4) is 6.07 Å². The molecule has 0 aliphatic rings. The highest BCUT2D eigenvalue weighted by atomic mass is 79.9. The summed E-state index contributed by atoms with van der Waals surface area (Å²) < 4.78 is 5.59. The van der Waals surface area contributed by atoms with Crippen LogP contribution in [0.25, 0.3) is 0 Å². The Bertz CT molecular complexity index is 358. The van der Waals surface area contributed by atoms with E-state index in [1.807, 2.05) is 6.07 Å². The molecule has 0 radical (unpaired) electrons. The van der Waals surface area contributed by atoms with Gasteiger partial charge >= 0.3 is 6.09 Å². The van der Waals surface area contributed by atoms with Gasteiger partial charge in [-0.05, 0) is 11.4 Å². The van der Waals surface area contributed by atoms with Crippen molar-refractivity contribution in [3.63, 3.8) is 0 Å². The van der Waals surface area contributed by atoms with Gasteiger partial charge in [-0.1, -0.05) is 0 Å². The maximum absolute atomic E-state index is 11.0. The molecule has 0 unspecified atom stereocenters. The molecule has 0 bridgehead atoms. The summed E-state index contributed by atoms with van der Waals surface area (Å²) in [6.45, 7) is 0. The first-order chi connectivity index (χ1) is 6.20. The molecule has 0 spiro atoms. The molecule has 1 heterocycles. The van der Waals surface area contributed by atoms with Crippen LogP contribution in [-0.4, -0.2) is 13.2 Å². The Morgan fingerprint density at radius 2 is 2.54 bits per heavy atom. The van der Waals surface area contributed by atoms with Crippen LogP contribution in [0.5, 0.6) is 0 Å². The Hall–Kier alpha value is -1.06. The third-order valence-electron chi connectivity index (χ3n) is 1.28. The van der Waals surface area contributed by atoms with Gasteiger partial charge in [-0.3, -0.25) is 0 Å². The number of nitriles is 1. The normalized spacial score (nSPS) is 9.00. The molecule has 1 amide bonds. The molecule has 1 rings (SSSR count). The summed E-state index contributed by atoms with van der Waals surface area (Å²) in [5, 5.41) is 10.9. The van der Waals surface area contributed by atoms with Crippen LogP contribution >= 0.6 is 27.5 Å². The van der Waals surface area contributed by atoms with Gasteiger partial charge in [0.1, 0.15) is 11.1 Å². The van der Waals surface area contributed by atoms with Gasteiger partial charge in [0.05, 0.1) is 28.8 Å². The zero-order valence-corrected chi connectivity index (χ0v) is 9.05. The van der Waals surface area contributed by atoms with Crippen LogP contribution in [0.2, 0.25) is 0 Å². The summed E-state index contributed by atoms with van der Waals surface area (Å²) in [5.41, 5.74) is 0.437. The highest BCUT2D eigenvalue weighted by molar-refractivity contribution is 9.10. The Kier molecular flexibility index (Phi) is 3.28. The van der Waals surface area contributed by atoms with E-state index in [9.17, 15) is 4.79 Å². The van der Waals surface area contributed by atoms with Crippen LogP contribution in [0.3, 0.4) is 0 Å². The van der Waals surface area contributed by atoms with Crippen LogP contribution in [0.1, 0.15) is 5.56 Å². The van der Waals surface area contributed by atoms with Crippen LogP contribution < -0.4 is 3.93 Å². The fourth-order valence-corrected chi connectivity index (χ4v) is 2.03. The predicted molar refractivity (Wildman–Crippen MR) is 52.8 cm³/mol. The van der Waals surface area contributed by atoms with Gasteiger partial charge in [0, 0.05) is 0 Å². The molecule has 1 aromatic rings. The van der Waals surface area contributed by atoms with E-state index in [4.69, 9.17) is 5.26 Å². The van der Waals surface area contributed by atoms with Crippen LogP contribution in [-0.2, 0) is 4.74 Å². The highest BCUT2D eigenvalue weighted by Crippen LogP contribution is 2.29. The lowest BCUT2D eigenvalue weighted by Crippen LogP contribution is -2.19. The monoisotopic (exact) mass is 260 g/mol. The minimum atomic E-state index is -0.557. The smallest absolute Gasteiger partial charge is 0.425 e. The van der Waals surface area contributed by atoms with E-state index < -0.39 is 6.09 Å². The van der Waals surface area contributed by atoms with E-state index in [1.54, 1.807) is 11.4 Å². The summed E-state index contributed by atoms with van der Waals surface area (Å²) in [5.74, 6) is 0. The minimum absolute atomic E-state index is 0.437. The predicted octanol–water partition coefficient (Wildman–Crippen LogP) is 2.50. The molecule has 1 aromatic heterocycles. The lowest BCUT2D eigenvalue weighted by molar-refractivity contribution is 0.184. The third-order valence-corrected chi connectivity index (χ3v) is 3.06. The van der Waals surface area contributed by atoms with E-state index in [0.29, 0.717) is 10.6 Å². The number of methoxy groups -OCH3 is 1. The lowest BCUT2D eigenvalue weighted by Gasteiger charge is -2.09. The molecular formula is C7H5BrN2O2S. The van der Waals surface area contributed by atoms with E-state index in [-0.39, 0.29) is 0 Å². The first-order valence-corrected chi connectivity index (χ1v) is 4.81. The second-order valence-corrected chi connectivity index (χ2v) is 3.61. The number of ether oxygens (including phenoxy) is 1. The Morgan fingerprint density at radius 1 is 1.85 bits per heavy atom. The molecule has 4 nitrogen and oxygen atoms in total. The molecule has 0 aliphatic carbocycles. The van der Waals surface area contributed by atoms with E-state index >= 15 is 0 Å². The van der Waals surface area contributed by atoms with Crippen molar-refractivity contribution in [3.05, 3.63) is 17.0 Å². The van der Waals surface area contributed by atoms with Gasteiger partial charge in [-0.2, -0.15) is 5.26 Å². The average Bonchev–Trinajstić information content (AvgIpc) is 2.62. The zero-order chi connectivity index (χ0) is 9.84. The van der Waals surface area contributed by atoms with Crippen molar-refractivity contribution in [2.24, 2.45) is 0 Å². The van der Waals surface area contributed by atoms with Crippen molar-refractivity contribution in [2.45, 2.75) is 0 Å². The number of rotatable bonds is 1. The molecule has 0 saturated carbocycles. The third kappa shape index (κ3) is 1.99. The van der Waals surface area contributed by atoms with Crippen LogP contribution in [0.15, 0.2) is 11.4 Å². The summed E-state index contributed by atoms with van der Waals surface area (Å²) >= 11 is 4.28. The maximum atomic E-state index is 11.0. The number of nitrogens with zero attached hydrogens (tertiary/aromatic N) is 2. The summed E-state index contributed by atoms with van der Waals surface area (Å²) in [7, 11) is 1.27. The zero-order valence-electron chi connectivity index (χ0n) is 6.65. The Morgan fingerprint density at radius 3 is 3.08 bits per heavy atom. The number of hydrogen-bond acceptors (Lipinski definition) is 4. The van der Waals surface area contributed by atoms with Crippen LogP contribution in [0.4, 0.5) is 9.80 Å². The Balaban J connectivity index is 2.95. The fourth-order valence-electron chi connectivity index (χ4n) is 0.701. The number of carbonyl (C=O) groups is 1. The molecule has 68 valence electrons. The van der Waals surface area contributed by atoms with E-state index in [0.717, 1.165) is 3.93 Å². The van der Waals surface area contributed by atoms with E-state index in [2.05, 4.69) is 20.9 Å². The molecular weight excluding hydrogens is 256 g/mol. The first-order valence-electron chi connectivity index (χ1n) is 3.22. The van der Waals surface area contributed by atoms with Crippen molar-refractivity contribution < 1.29 is 9.53 Å². The summed E-state index contributed by atoms with van der Waals surface area (Å²) in [6.07, 6.45) is -0.557. The van der Waals surface area contributed by atoms with E-state index in [1.165, 1.54) is 18.4 Å². The van der Waals surface area contributed by atoms with Crippen molar-refractivity contribution in [1.29, 1.82) is 5.26 Å².